The Morgan fingerprint density at radius 1 is 1.06 bits per heavy atom. The summed E-state index contributed by atoms with van der Waals surface area (Å²) in [7, 11) is 1.64. The Bertz CT molecular complexity index is 982. The van der Waals surface area contributed by atoms with Gasteiger partial charge in [0.15, 0.2) is 0 Å². The summed E-state index contributed by atoms with van der Waals surface area (Å²) < 4.78 is 11.6. The summed E-state index contributed by atoms with van der Waals surface area (Å²) in [5.41, 5.74) is 1.70. The second-order valence-corrected chi connectivity index (χ2v) is 11.1. The molecular weight excluding hydrogens is 508 g/mol. The van der Waals surface area contributed by atoms with Crippen LogP contribution in [0.1, 0.15) is 63.6 Å². The topological polar surface area (TPSA) is 76.7 Å². The Morgan fingerprint density at radius 2 is 1.74 bits per heavy atom. The van der Waals surface area contributed by atoms with Crippen molar-refractivity contribution in [1.82, 2.24) is 10.6 Å². The third kappa shape index (κ3) is 8.57. The predicted octanol–water partition coefficient (Wildman–Crippen LogP) is 6.19. The molecule has 1 atom stereocenters. The molecule has 2 N–H and O–H groups in total. The average Bonchev–Trinajstić information content (AvgIpc) is 2.82. The zero-order valence-corrected chi connectivity index (χ0v) is 22.7. The molecule has 1 aliphatic carbocycles. The van der Waals surface area contributed by atoms with E-state index in [1.807, 2.05) is 57.2 Å². The standard InChI is InChI=1S/C28H37BrN2O4/c1-28(2,3)35-27(33)30-18-20-10-12-21(13-11-20)26(32)31-24(16-19-8-6-5-7-9-19)22-14-15-25(34-4)23(29)17-22/h5-9,14-15,17,20-21,24H,10-13,16,18H2,1-4H3,(H,30,33)(H,31,32). The monoisotopic (exact) mass is 544 g/mol. The van der Waals surface area contributed by atoms with Crippen LogP contribution in [-0.2, 0) is 16.0 Å². The zero-order chi connectivity index (χ0) is 25.4. The molecule has 0 heterocycles. The van der Waals surface area contributed by atoms with Crippen LogP contribution in [0, 0.1) is 11.8 Å². The van der Waals surface area contributed by atoms with E-state index in [0.717, 1.165) is 41.5 Å². The molecule has 1 unspecified atom stereocenters. The van der Waals surface area contributed by atoms with E-state index in [9.17, 15) is 9.59 Å². The van der Waals surface area contributed by atoms with Gasteiger partial charge >= 0.3 is 6.09 Å². The normalized spacial score (nSPS) is 18.9. The van der Waals surface area contributed by atoms with Gasteiger partial charge in [-0.15, -0.1) is 0 Å². The van der Waals surface area contributed by atoms with Gasteiger partial charge in [0, 0.05) is 12.5 Å². The minimum atomic E-state index is -0.504. The molecule has 1 fully saturated rings. The van der Waals surface area contributed by atoms with Crippen LogP contribution in [0.3, 0.4) is 0 Å². The number of rotatable bonds is 8. The first-order chi connectivity index (χ1) is 16.6. The van der Waals surface area contributed by atoms with E-state index in [4.69, 9.17) is 9.47 Å². The number of halogens is 1. The molecule has 2 amide bonds. The lowest BCUT2D eigenvalue weighted by Crippen LogP contribution is -2.39. The van der Waals surface area contributed by atoms with Crippen molar-refractivity contribution in [1.29, 1.82) is 0 Å². The van der Waals surface area contributed by atoms with Gasteiger partial charge in [0.2, 0.25) is 5.91 Å². The number of ether oxygens (including phenoxy) is 2. The molecule has 0 aliphatic heterocycles. The lowest BCUT2D eigenvalue weighted by atomic mass is 9.81. The molecule has 190 valence electrons. The van der Waals surface area contributed by atoms with Gasteiger partial charge in [-0.25, -0.2) is 4.79 Å². The van der Waals surface area contributed by atoms with Crippen LogP contribution in [0.4, 0.5) is 4.79 Å². The van der Waals surface area contributed by atoms with Crippen molar-refractivity contribution in [2.75, 3.05) is 13.7 Å². The summed E-state index contributed by atoms with van der Waals surface area (Å²) in [6.07, 6.45) is 3.77. The number of carbonyl (C=O) groups excluding carboxylic acids is 2. The quantitative estimate of drug-likeness (QED) is 0.415. The molecule has 2 aromatic carbocycles. The molecule has 0 spiro atoms. The highest BCUT2D eigenvalue weighted by atomic mass is 79.9. The predicted molar refractivity (Wildman–Crippen MR) is 141 cm³/mol. The van der Waals surface area contributed by atoms with E-state index < -0.39 is 5.60 Å². The largest absolute Gasteiger partial charge is 0.496 e. The maximum absolute atomic E-state index is 13.3. The Morgan fingerprint density at radius 3 is 2.34 bits per heavy atom. The molecule has 0 radical (unpaired) electrons. The molecule has 6 nitrogen and oxygen atoms in total. The zero-order valence-electron chi connectivity index (χ0n) is 21.1. The average molecular weight is 546 g/mol. The van der Waals surface area contributed by atoms with Crippen LogP contribution < -0.4 is 15.4 Å². The Balaban J connectivity index is 1.59. The lowest BCUT2D eigenvalue weighted by molar-refractivity contribution is -0.127. The number of hydrogen-bond acceptors (Lipinski definition) is 4. The summed E-state index contributed by atoms with van der Waals surface area (Å²) in [5.74, 6) is 1.20. The molecule has 2 aromatic rings. The van der Waals surface area contributed by atoms with E-state index in [1.165, 1.54) is 5.56 Å². The van der Waals surface area contributed by atoms with Gasteiger partial charge in [-0.2, -0.15) is 0 Å². The summed E-state index contributed by atoms with van der Waals surface area (Å²) in [6.45, 7) is 6.14. The molecule has 1 saturated carbocycles. The van der Waals surface area contributed by atoms with Crippen LogP contribution in [0.5, 0.6) is 5.75 Å². The summed E-state index contributed by atoms with van der Waals surface area (Å²) in [5, 5.41) is 6.19. The molecule has 35 heavy (non-hydrogen) atoms. The summed E-state index contributed by atoms with van der Waals surface area (Å²) in [6, 6.07) is 16.0. The second kappa shape index (κ2) is 12.4. The molecule has 1 aliphatic rings. The number of benzene rings is 2. The fraction of sp³-hybridized carbons (Fsp3) is 0.500. The number of nitrogens with one attached hydrogen (secondary N) is 2. The van der Waals surface area contributed by atoms with Gasteiger partial charge in [0.25, 0.3) is 0 Å². The van der Waals surface area contributed by atoms with E-state index in [1.54, 1.807) is 7.11 Å². The molecular formula is C28H37BrN2O4. The maximum atomic E-state index is 13.3. The van der Waals surface area contributed by atoms with Gasteiger partial charge in [-0.3, -0.25) is 4.79 Å². The van der Waals surface area contributed by atoms with Crippen molar-refractivity contribution >= 4 is 27.9 Å². The molecule has 0 aromatic heterocycles. The Kier molecular flexibility index (Phi) is 9.61. The number of amides is 2. The minimum absolute atomic E-state index is 0.0206. The molecule has 0 bridgehead atoms. The summed E-state index contributed by atoms with van der Waals surface area (Å²) in [4.78, 5) is 25.2. The van der Waals surface area contributed by atoms with Crippen LogP contribution in [0.25, 0.3) is 0 Å². The third-order valence-corrected chi connectivity index (χ3v) is 6.95. The molecule has 7 heteroatoms. The first kappa shape index (κ1) is 27.1. The first-order valence-corrected chi connectivity index (χ1v) is 13.1. The van der Waals surface area contributed by atoms with Gasteiger partial charge in [0.05, 0.1) is 17.6 Å². The van der Waals surface area contributed by atoms with E-state index in [2.05, 4.69) is 38.7 Å². The van der Waals surface area contributed by atoms with E-state index in [0.29, 0.717) is 18.9 Å². The van der Waals surface area contributed by atoms with Gasteiger partial charge < -0.3 is 20.1 Å². The Hall–Kier alpha value is -2.54. The molecule has 3 rings (SSSR count). The fourth-order valence-corrected chi connectivity index (χ4v) is 5.02. The smallest absolute Gasteiger partial charge is 0.407 e. The minimum Gasteiger partial charge on any atom is -0.496 e. The fourth-order valence-electron chi connectivity index (χ4n) is 4.46. The van der Waals surface area contributed by atoms with Crippen molar-refractivity contribution in [3.63, 3.8) is 0 Å². The number of methoxy groups -OCH3 is 1. The maximum Gasteiger partial charge on any atom is 0.407 e. The summed E-state index contributed by atoms with van der Waals surface area (Å²) >= 11 is 3.57. The van der Waals surface area contributed by atoms with Crippen LogP contribution in [-0.4, -0.2) is 31.3 Å². The number of carbonyl (C=O) groups is 2. The van der Waals surface area contributed by atoms with E-state index in [-0.39, 0.29) is 24.0 Å². The third-order valence-electron chi connectivity index (χ3n) is 6.33. The van der Waals surface area contributed by atoms with Gasteiger partial charge in [-0.1, -0.05) is 36.4 Å². The van der Waals surface area contributed by atoms with Crippen molar-refractivity contribution in [3.05, 3.63) is 64.1 Å². The number of hydrogen-bond donors (Lipinski definition) is 2. The van der Waals surface area contributed by atoms with Crippen molar-refractivity contribution < 1.29 is 19.1 Å². The highest BCUT2D eigenvalue weighted by Crippen LogP contribution is 2.32. The highest BCUT2D eigenvalue weighted by Gasteiger charge is 2.29. The van der Waals surface area contributed by atoms with Crippen LogP contribution >= 0.6 is 15.9 Å². The Labute approximate surface area is 217 Å². The molecule has 0 saturated heterocycles. The van der Waals surface area contributed by atoms with Crippen molar-refractivity contribution in [2.24, 2.45) is 11.8 Å². The SMILES string of the molecule is COc1ccc(C(Cc2ccccc2)NC(=O)C2CCC(CNC(=O)OC(C)(C)C)CC2)cc1Br. The van der Waals surface area contributed by atoms with Crippen LogP contribution in [0.2, 0.25) is 0 Å². The van der Waals surface area contributed by atoms with Crippen LogP contribution in [0.15, 0.2) is 53.0 Å². The highest BCUT2D eigenvalue weighted by molar-refractivity contribution is 9.10. The number of alkyl carbamates (subject to hydrolysis) is 1. The lowest BCUT2D eigenvalue weighted by Gasteiger charge is -2.30. The van der Waals surface area contributed by atoms with Crippen molar-refractivity contribution in [2.45, 2.75) is 64.5 Å². The second-order valence-electron chi connectivity index (χ2n) is 10.2. The van der Waals surface area contributed by atoms with Crippen molar-refractivity contribution in [3.8, 4) is 5.75 Å². The van der Waals surface area contributed by atoms with Gasteiger partial charge in [0.1, 0.15) is 11.4 Å². The van der Waals surface area contributed by atoms with Gasteiger partial charge in [-0.05, 0) is 98.0 Å². The van der Waals surface area contributed by atoms with E-state index >= 15 is 0 Å². The first-order valence-electron chi connectivity index (χ1n) is 12.3.